The third-order valence-corrected chi connectivity index (χ3v) is 4.44. The highest BCUT2D eigenvalue weighted by Gasteiger charge is 2.47. The van der Waals surface area contributed by atoms with Crippen LogP contribution in [0.5, 0.6) is 0 Å². The molecule has 0 radical (unpaired) electrons. The summed E-state index contributed by atoms with van der Waals surface area (Å²) in [4.78, 5) is 24.3. The Balaban J connectivity index is 1.81. The van der Waals surface area contributed by atoms with Crippen molar-refractivity contribution in [2.45, 2.75) is 44.4 Å². The van der Waals surface area contributed by atoms with Crippen molar-refractivity contribution in [3.05, 3.63) is 12.7 Å². The maximum atomic E-state index is 12.1. The predicted molar refractivity (Wildman–Crippen MR) is 84.8 cm³/mol. The molecule has 130 valence electrons. The van der Waals surface area contributed by atoms with Gasteiger partial charge < -0.3 is 25.3 Å². The molecule has 1 saturated carbocycles. The second-order valence-corrected chi connectivity index (χ2v) is 5.99. The first-order chi connectivity index (χ1) is 11.5. The van der Waals surface area contributed by atoms with Gasteiger partial charge in [0.1, 0.15) is 17.9 Å². The number of carbonyl (C=O) groups excluding carboxylic acids is 1. The van der Waals surface area contributed by atoms with Gasteiger partial charge in [0.2, 0.25) is 0 Å². The van der Waals surface area contributed by atoms with E-state index >= 15 is 0 Å². The van der Waals surface area contributed by atoms with Gasteiger partial charge in [0.25, 0.3) is 0 Å². The van der Waals surface area contributed by atoms with Gasteiger partial charge >= 0.3 is 5.97 Å². The highest BCUT2D eigenvalue weighted by atomic mass is 16.5. The number of nitrogens with zero attached hydrogens (tertiary/aromatic N) is 4. The average molecular weight is 335 g/mol. The van der Waals surface area contributed by atoms with E-state index in [0.717, 1.165) is 12.8 Å². The second kappa shape index (κ2) is 6.70. The van der Waals surface area contributed by atoms with Crippen molar-refractivity contribution >= 4 is 23.0 Å². The number of nitrogens with two attached hydrogens (primary N) is 1. The maximum Gasteiger partial charge on any atom is 0.311 e. The lowest BCUT2D eigenvalue weighted by Gasteiger charge is -2.18. The minimum atomic E-state index is -1.19. The van der Waals surface area contributed by atoms with Crippen LogP contribution in [-0.2, 0) is 9.53 Å². The summed E-state index contributed by atoms with van der Waals surface area (Å²) in [5, 5.41) is 20.6. The van der Waals surface area contributed by atoms with Gasteiger partial charge in [-0.25, -0.2) is 15.0 Å². The van der Waals surface area contributed by atoms with Gasteiger partial charge in [0.15, 0.2) is 11.5 Å². The van der Waals surface area contributed by atoms with Crippen LogP contribution < -0.4 is 5.73 Å². The Morgan fingerprint density at radius 3 is 2.92 bits per heavy atom. The van der Waals surface area contributed by atoms with Gasteiger partial charge in [-0.15, -0.1) is 0 Å². The standard InChI is InChI=1S/C15H21N5O4/c1-2-3-4-24-15(23)8-5-9(12(22)11(8)21)20-7-19-10-13(16)17-6-18-14(10)20/h6-9,11-12,21-22H,2-5H2,1H3,(H2,16,17,18)/t8-,9+,11+,12-/m1/s1. The topological polar surface area (TPSA) is 136 Å². The number of imidazole rings is 1. The Kier molecular flexibility index (Phi) is 4.63. The predicted octanol–water partition coefficient (Wildman–Crippen LogP) is 0.0346. The molecule has 0 aliphatic heterocycles. The van der Waals surface area contributed by atoms with Crippen LogP contribution in [0.1, 0.15) is 32.2 Å². The quantitative estimate of drug-likeness (QED) is 0.514. The van der Waals surface area contributed by atoms with E-state index in [9.17, 15) is 15.0 Å². The molecule has 4 N–H and O–H groups in total. The Hall–Kier alpha value is -2.26. The van der Waals surface area contributed by atoms with E-state index in [2.05, 4.69) is 15.0 Å². The van der Waals surface area contributed by atoms with E-state index in [4.69, 9.17) is 10.5 Å². The van der Waals surface area contributed by atoms with Crippen LogP contribution in [-0.4, -0.2) is 54.5 Å². The first-order valence-corrected chi connectivity index (χ1v) is 8.00. The van der Waals surface area contributed by atoms with Crippen LogP contribution in [0.4, 0.5) is 5.82 Å². The molecule has 2 heterocycles. The fraction of sp³-hybridized carbons (Fsp3) is 0.600. The van der Waals surface area contributed by atoms with E-state index in [0.29, 0.717) is 17.8 Å². The van der Waals surface area contributed by atoms with Gasteiger partial charge in [-0.2, -0.15) is 0 Å². The molecular weight excluding hydrogens is 314 g/mol. The normalized spacial score (nSPS) is 26.8. The summed E-state index contributed by atoms with van der Waals surface area (Å²) in [6, 6.07) is -0.539. The Bertz CT molecular complexity index is 734. The van der Waals surface area contributed by atoms with Gasteiger partial charge in [0, 0.05) is 0 Å². The third-order valence-electron chi connectivity index (χ3n) is 4.44. The minimum absolute atomic E-state index is 0.238. The van der Waals surface area contributed by atoms with Crippen molar-refractivity contribution in [1.82, 2.24) is 19.5 Å². The van der Waals surface area contributed by atoms with E-state index in [-0.39, 0.29) is 12.2 Å². The van der Waals surface area contributed by atoms with Crippen molar-refractivity contribution in [2.75, 3.05) is 12.3 Å². The summed E-state index contributed by atoms with van der Waals surface area (Å²) < 4.78 is 6.80. The van der Waals surface area contributed by atoms with Gasteiger partial charge in [0.05, 0.1) is 31.0 Å². The van der Waals surface area contributed by atoms with Crippen LogP contribution in [0.2, 0.25) is 0 Å². The smallest absolute Gasteiger partial charge is 0.311 e. The molecule has 0 unspecified atom stereocenters. The number of hydrogen-bond donors (Lipinski definition) is 3. The molecule has 9 heteroatoms. The van der Waals surface area contributed by atoms with Crippen molar-refractivity contribution in [3.8, 4) is 0 Å². The third kappa shape index (κ3) is 2.80. The number of ether oxygens (including phenoxy) is 1. The molecule has 4 atom stereocenters. The summed E-state index contributed by atoms with van der Waals surface area (Å²) in [7, 11) is 0. The molecule has 24 heavy (non-hydrogen) atoms. The number of rotatable bonds is 5. The monoisotopic (exact) mass is 335 g/mol. The van der Waals surface area contributed by atoms with E-state index < -0.39 is 30.1 Å². The first-order valence-electron chi connectivity index (χ1n) is 8.00. The number of aliphatic hydroxyl groups is 2. The fourth-order valence-electron chi connectivity index (χ4n) is 3.06. The zero-order chi connectivity index (χ0) is 17.3. The molecule has 0 saturated heterocycles. The van der Waals surface area contributed by atoms with Crippen LogP contribution in [0.3, 0.4) is 0 Å². The summed E-state index contributed by atoms with van der Waals surface area (Å²) in [6.45, 7) is 2.31. The molecule has 2 aromatic heterocycles. The van der Waals surface area contributed by atoms with Gasteiger partial charge in [-0.1, -0.05) is 13.3 Å². The van der Waals surface area contributed by atoms with E-state index in [1.54, 1.807) is 4.57 Å². The van der Waals surface area contributed by atoms with Crippen molar-refractivity contribution in [2.24, 2.45) is 5.92 Å². The molecule has 9 nitrogen and oxygen atoms in total. The van der Waals surface area contributed by atoms with Crippen molar-refractivity contribution in [1.29, 1.82) is 0 Å². The number of aromatic nitrogens is 4. The lowest BCUT2D eigenvalue weighted by Crippen LogP contribution is -2.33. The summed E-state index contributed by atoms with van der Waals surface area (Å²) in [5.74, 6) is -1.03. The maximum absolute atomic E-state index is 12.1. The van der Waals surface area contributed by atoms with Crippen LogP contribution >= 0.6 is 0 Å². The Morgan fingerprint density at radius 1 is 1.38 bits per heavy atom. The van der Waals surface area contributed by atoms with Crippen molar-refractivity contribution in [3.63, 3.8) is 0 Å². The lowest BCUT2D eigenvalue weighted by molar-refractivity contribution is -0.152. The molecular formula is C15H21N5O4. The zero-order valence-corrected chi connectivity index (χ0v) is 13.4. The molecule has 0 amide bonds. The van der Waals surface area contributed by atoms with E-state index in [1.807, 2.05) is 6.92 Å². The molecule has 1 fully saturated rings. The SMILES string of the molecule is CCCCOC(=O)[C@@H]1C[C@H](n2cnc3c(N)ncnc32)[C@@H](O)[C@H]1O. The molecule has 1 aliphatic carbocycles. The number of nitrogen functional groups attached to an aromatic ring is 1. The molecule has 1 aliphatic rings. The average Bonchev–Trinajstić information content (AvgIpc) is 3.11. The van der Waals surface area contributed by atoms with E-state index in [1.165, 1.54) is 12.7 Å². The highest BCUT2D eigenvalue weighted by molar-refractivity contribution is 5.81. The first kappa shape index (κ1) is 16.6. The largest absolute Gasteiger partial charge is 0.465 e. The second-order valence-electron chi connectivity index (χ2n) is 5.99. The lowest BCUT2D eigenvalue weighted by atomic mass is 10.1. The number of hydrogen-bond acceptors (Lipinski definition) is 8. The summed E-state index contributed by atoms with van der Waals surface area (Å²) >= 11 is 0. The molecule has 0 bridgehead atoms. The number of aliphatic hydroxyl groups excluding tert-OH is 2. The number of carbonyl (C=O) groups is 1. The summed E-state index contributed by atoms with van der Waals surface area (Å²) in [5.41, 5.74) is 6.64. The van der Waals surface area contributed by atoms with Crippen LogP contribution in [0, 0.1) is 5.92 Å². The number of fused-ring (bicyclic) bond motifs is 1. The van der Waals surface area contributed by atoms with Crippen LogP contribution in [0.25, 0.3) is 11.2 Å². The minimum Gasteiger partial charge on any atom is -0.465 e. The Labute approximate surface area is 138 Å². The highest BCUT2D eigenvalue weighted by Crippen LogP contribution is 2.37. The number of unbranched alkanes of at least 4 members (excludes halogenated alkanes) is 1. The van der Waals surface area contributed by atoms with Crippen LogP contribution in [0.15, 0.2) is 12.7 Å². The molecule has 0 spiro atoms. The van der Waals surface area contributed by atoms with Gasteiger partial charge in [-0.3, -0.25) is 4.79 Å². The fourth-order valence-corrected chi connectivity index (χ4v) is 3.06. The Morgan fingerprint density at radius 2 is 2.17 bits per heavy atom. The molecule has 3 rings (SSSR count). The molecule has 2 aromatic rings. The molecule has 0 aromatic carbocycles. The van der Waals surface area contributed by atoms with Gasteiger partial charge in [-0.05, 0) is 12.8 Å². The zero-order valence-electron chi connectivity index (χ0n) is 13.4. The van der Waals surface area contributed by atoms with Crippen molar-refractivity contribution < 1.29 is 19.7 Å². The summed E-state index contributed by atoms with van der Waals surface area (Å²) in [6.07, 6.45) is 2.40. The number of esters is 1. The number of anilines is 1.